The number of hydrogen-bond donors (Lipinski definition) is 2. The third-order valence-electron chi connectivity index (χ3n) is 3.28. The molecule has 24 heavy (non-hydrogen) atoms. The lowest BCUT2D eigenvalue weighted by molar-refractivity contribution is -0.145. The molecule has 6 heteroatoms. The van der Waals surface area contributed by atoms with Gasteiger partial charge in [-0.1, -0.05) is 29.5 Å². The molecular weight excluding hydrogens is 328 g/mol. The summed E-state index contributed by atoms with van der Waals surface area (Å²) in [5, 5.41) is 17.8. The number of aliphatic carboxylic acids is 1. The molecule has 2 aromatic carbocycles. The zero-order valence-electron chi connectivity index (χ0n) is 12.9. The van der Waals surface area contributed by atoms with Gasteiger partial charge in [-0.05, 0) is 43.3 Å². The first-order valence-corrected chi connectivity index (χ1v) is 8.75. The highest BCUT2D eigenvalue weighted by molar-refractivity contribution is 7.91. The van der Waals surface area contributed by atoms with Crippen LogP contribution in [0.15, 0.2) is 53.4 Å². The Bertz CT molecular complexity index is 885. The summed E-state index contributed by atoms with van der Waals surface area (Å²) in [4.78, 5) is 10.5. The predicted octanol–water partition coefficient (Wildman–Crippen LogP) is 1.61. The number of carboxylic acids is 1. The number of aliphatic hydroxyl groups excluding tert-OH is 1. The number of rotatable bonds is 4. The number of carboxylic acid groups (broad SMARTS) is 1. The Labute approximate surface area is 140 Å². The second kappa shape index (κ2) is 7.30. The number of hydrogen-bond acceptors (Lipinski definition) is 4. The highest BCUT2D eigenvalue weighted by Gasteiger charge is 2.24. The molecule has 0 saturated heterocycles. The van der Waals surface area contributed by atoms with Gasteiger partial charge in [-0.25, -0.2) is 13.2 Å². The molecule has 0 aliphatic rings. The van der Waals surface area contributed by atoms with Gasteiger partial charge in [0.25, 0.3) is 0 Å². The van der Waals surface area contributed by atoms with Gasteiger partial charge in [0.05, 0.1) is 10.6 Å². The third-order valence-corrected chi connectivity index (χ3v) is 5.02. The molecule has 0 spiro atoms. The van der Waals surface area contributed by atoms with Gasteiger partial charge in [0.2, 0.25) is 0 Å². The molecule has 0 saturated carbocycles. The maximum absolute atomic E-state index is 12.0. The minimum atomic E-state index is -3.87. The van der Waals surface area contributed by atoms with Crippen LogP contribution in [-0.2, 0) is 14.6 Å². The molecule has 0 bridgehead atoms. The second-order valence-electron chi connectivity index (χ2n) is 5.28. The van der Waals surface area contributed by atoms with E-state index in [1.54, 1.807) is 12.1 Å². The summed E-state index contributed by atoms with van der Waals surface area (Å²) in [5.41, 5.74) is 2.62. The molecule has 0 radical (unpaired) electrons. The summed E-state index contributed by atoms with van der Waals surface area (Å²) in [6.07, 6.45) is -1.95. The highest BCUT2D eigenvalue weighted by Crippen LogP contribution is 2.13. The van der Waals surface area contributed by atoms with E-state index in [1.807, 2.05) is 31.2 Å². The summed E-state index contributed by atoms with van der Waals surface area (Å²) in [5.74, 6) is 3.47. The van der Waals surface area contributed by atoms with Gasteiger partial charge in [0, 0.05) is 11.1 Å². The summed E-state index contributed by atoms with van der Waals surface area (Å²) >= 11 is 0. The van der Waals surface area contributed by atoms with Crippen molar-refractivity contribution >= 4 is 15.8 Å². The quantitative estimate of drug-likeness (QED) is 0.822. The van der Waals surface area contributed by atoms with E-state index in [0.717, 1.165) is 11.1 Å². The van der Waals surface area contributed by atoms with Crippen LogP contribution in [0.3, 0.4) is 0 Å². The van der Waals surface area contributed by atoms with Gasteiger partial charge in [-0.3, -0.25) is 0 Å². The van der Waals surface area contributed by atoms with Crippen molar-refractivity contribution in [3.63, 3.8) is 0 Å². The minimum absolute atomic E-state index is 0.0521. The van der Waals surface area contributed by atoms with Crippen LogP contribution < -0.4 is 0 Å². The lowest BCUT2D eigenvalue weighted by Crippen LogP contribution is -2.28. The molecule has 0 heterocycles. The lowest BCUT2D eigenvalue weighted by atomic mass is 10.1. The van der Waals surface area contributed by atoms with E-state index in [4.69, 9.17) is 5.11 Å². The molecule has 0 fully saturated rings. The molecule has 124 valence electrons. The van der Waals surface area contributed by atoms with Crippen LogP contribution in [0.5, 0.6) is 0 Å². The van der Waals surface area contributed by atoms with Crippen molar-refractivity contribution in [1.82, 2.24) is 0 Å². The lowest BCUT2D eigenvalue weighted by Gasteiger charge is -2.07. The van der Waals surface area contributed by atoms with Crippen molar-refractivity contribution < 1.29 is 23.4 Å². The largest absolute Gasteiger partial charge is 0.479 e. The van der Waals surface area contributed by atoms with Crippen LogP contribution in [0, 0.1) is 18.8 Å². The average molecular weight is 344 g/mol. The molecule has 5 nitrogen and oxygen atoms in total. The number of aliphatic hydroxyl groups is 1. The Kier molecular flexibility index (Phi) is 5.39. The molecule has 1 atom stereocenters. The third kappa shape index (κ3) is 4.69. The van der Waals surface area contributed by atoms with Crippen LogP contribution in [0.2, 0.25) is 0 Å². The molecule has 0 unspecified atom stereocenters. The number of sulfone groups is 1. The summed E-state index contributed by atoms with van der Waals surface area (Å²) in [6, 6.07) is 13.5. The van der Waals surface area contributed by atoms with Gasteiger partial charge in [0.15, 0.2) is 15.9 Å². The zero-order chi connectivity index (χ0) is 17.7. The van der Waals surface area contributed by atoms with E-state index in [-0.39, 0.29) is 4.90 Å². The van der Waals surface area contributed by atoms with E-state index < -0.39 is 27.7 Å². The zero-order valence-corrected chi connectivity index (χ0v) is 13.7. The smallest absolute Gasteiger partial charge is 0.333 e. The Morgan fingerprint density at radius 1 is 1.00 bits per heavy atom. The molecule has 0 aliphatic carbocycles. The number of aryl methyl sites for hydroxylation is 1. The monoisotopic (exact) mass is 344 g/mol. The SMILES string of the molecule is Cc1ccc(C#Cc2ccc(S(=O)(=O)C[C@H](O)C(=O)O)cc2)cc1. The maximum atomic E-state index is 12.0. The molecule has 0 aromatic heterocycles. The van der Waals surface area contributed by atoms with Crippen molar-refractivity contribution in [3.05, 3.63) is 65.2 Å². The Balaban J connectivity index is 2.16. The van der Waals surface area contributed by atoms with Crippen LogP contribution in [0.4, 0.5) is 0 Å². The summed E-state index contributed by atoms with van der Waals surface area (Å²) in [6.45, 7) is 1.98. The Morgan fingerprint density at radius 2 is 1.46 bits per heavy atom. The molecule has 0 amide bonds. The van der Waals surface area contributed by atoms with Gasteiger partial charge < -0.3 is 10.2 Å². The molecule has 0 aliphatic heterocycles. The fourth-order valence-electron chi connectivity index (χ4n) is 1.90. The standard InChI is InChI=1S/C18H16O5S/c1-13-2-4-14(5-3-13)6-7-15-8-10-16(11-9-15)24(22,23)12-17(19)18(20)21/h2-5,8-11,17,19H,12H2,1H3,(H,20,21)/t17-/m0/s1. The molecular formula is C18H16O5S. The molecule has 2 rings (SSSR count). The topological polar surface area (TPSA) is 91.7 Å². The van der Waals surface area contributed by atoms with Crippen LogP contribution >= 0.6 is 0 Å². The van der Waals surface area contributed by atoms with Gasteiger partial charge in [-0.2, -0.15) is 0 Å². The first-order valence-electron chi connectivity index (χ1n) is 7.10. The van der Waals surface area contributed by atoms with E-state index >= 15 is 0 Å². The molecule has 2 N–H and O–H groups in total. The van der Waals surface area contributed by atoms with Gasteiger partial charge in [-0.15, -0.1) is 0 Å². The first kappa shape index (κ1) is 17.7. The first-order chi connectivity index (χ1) is 11.3. The van der Waals surface area contributed by atoms with Crippen molar-refractivity contribution in [2.24, 2.45) is 0 Å². The minimum Gasteiger partial charge on any atom is -0.479 e. The fraction of sp³-hybridized carbons (Fsp3) is 0.167. The van der Waals surface area contributed by atoms with Crippen LogP contribution in [-0.4, -0.2) is 36.5 Å². The molecule has 2 aromatic rings. The van der Waals surface area contributed by atoms with Crippen LogP contribution in [0.1, 0.15) is 16.7 Å². The fourth-order valence-corrected chi connectivity index (χ4v) is 3.20. The van der Waals surface area contributed by atoms with Gasteiger partial charge in [0.1, 0.15) is 0 Å². The van der Waals surface area contributed by atoms with E-state index in [0.29, 0.717) is 5.56 Å². The number of carbonyl (C=O) groups is 1. The van der Waals surface area contributed by atoms with Gasteiger partial charge >= 0.3 is 5.97 Å². The van der Waals surface area contributed by atoms with Crippen molar-refractivity contribution in [1.29, 1.82) is 0 Å². The van der Waals surface area contributed by atoms with Crippen molar-refractivity contribution in [3.8, 4) is 11.8 Å². The normalized spacial score (nSPS) is 12.1. The Hall–Kier alpha value is -2.62. The van der Waals surface area contributed by atoms with Crippen molar-refractivity contribution in [2.75, 3.05) is 5.75 Å². The maximum Gasteiger partial charge on any atom is 0.333 e. The summed E-state index contributed by atoms with van der Waals surface area (Å²) in [7, 11) is -3.87. The van der Waals surface area contributed by atoms with Crippen molar-refractivity contribution in [2.45, 2.75) is 17.9 Å². The average Bonchev–Trinajstić information content (AvgIpc) is 2.54. The second-order valence-corrected chi connectivity index (χ2v) is 7.31. The predicted molar refractivity (Wildman–Crippen MR) is 89.3 cm³/mol. The van der Waals surface area contributed by atoms with E-state index in [2.05, 4.69) is 11.8 Å². The van der Waals surface area contributed by atoms with E-state index in [1.165, 1.54) is 12.1 Å². The summed E-state index contributed by atoms with van der Waals surface area (Å²) < 4.78 is 24.0. The Morgan fingerprint density at radius 3 is 1.92 bits per heavy atom. The number of benzene rings is 2. The highest BCUT2D eigenvalue weighted by atomic mass is 32.2. The van der Waals surface area contributed by atoms with E-state index in [9.17, 15) is 18.3 Å². The van der Waals surface area contributed by atoms with Crippen LogP contribution in [0.25, 0.3) is 0 Å².